The average molecular weight is 237 g/mol. The molecule has 0 aromatic carbocycles. The van der Waals surface area contributed by atoms with E-state index in [0.29, 0.717) is 0 Å². The molecule has 0 aliphatic heterocycles. The summed E-state index contributed by atoms with van der Waals surface area (Å²) in [6, 6.07) is 0. The molecule has 0 fully saturated rings. The van der Waals surface area contributed by atoms with Crippen LogP contribution in [0.25, 0.3) is 0 Å². The van der Waals surface area contributed by atoms with E-state index in [2.05, 4.69) is 4.74 Å². The molecule has 0 aliphatic rings. The molecule has 0 atom stereocenters. The van der Waals surface area contributed by atoms with Crippen LogP contribution in [-0.4, -0.2) is 70.1 Å². The molecule has 0 saturated heterocycles. The van der Waals surface area contributed by atoms with Gasteiger partial charge in [0.15, 0.2) is 12.6 Å². The minimum atomic E-state index is -1.58. The summed E-state index contributed by atoms with van der Waals surface area (Å²) >= 11 is 0. The molecule has 0 unspecified atom stereocenters. The lowest BCUT2D eigenvalue weighted by Gasteiger charge is -2.23. The van der Waals surface area contributed by atoms with E-state index in [-0.39, 0.29) is 32.7 Å². The zero-order chi connectivity index (χ0) is 12.6. The number of esters is 1. The highest BCUT2D eigenvalue weighted by Gasteiger charge is 2.14. The van der Waals surface area contributed by atoms with Crippen LogP contribution in [0.4, 0.5) is 0 Å². The second-order valence-corrected chi connectivity index (χ2v) is 3.28. The van der Waals surface area contributed by atoms with E-state index < -0.39 is 18.5 Å². The Hall–Kier alpha value is -0.730. The van der Waals surface area contributed by atoms with Crippen LogP contribution in [0.5, 0.6) is 0 Å². The number of carbonyl (C=O) groups excluding carboxylic acids is 1. The first-order chi connectivity index (χ1) is 7.45. The molecule has 7 nitrogen and oxygen atoms in total. The van der Waals surface area contributed by atoms with Crippen molar-refractivity contribution in [3.63, 3.8) is 0 Å². The Morgan fingerprint density at radius 3 is 2.06 bits per heavy atom. The van der Waals surface area contributed by atoms with E-state index in [1.165, 1.54) is 4.90 Å². The quantitative estimate of drug-likeness (QED) is 0.282. The highest BCUT2D eigenvalue weighted by atomic mass is 16.5. The Kier molecular flexibility index (Phi) is 8.04. The van der Waals surface area contributed by atoms with Crippen LogP contribution in [-0.2, 0) is 9.53 Å². The fourth-order valence-electron chi connectivity index (χ4n) is 1.20. The van der Waals surface area contributed by atoms with Gasteiger partial charge in [0, 0.05) is 19.6 Å². The van der Waals surface area contributed by atoms with Crippen LogP contribution in [0.1, 0.15) is 13.3 Å². The van der Waals surface area contributed by atoms with Gasteiger partial charge in [-0.2, -0.15) is 0 Å². The van der Waals surface area contributed by atoms with Crippen molar-refractivity contribution in [2.24, 2.45) is 0 Å². The lowest BCUT2D eigenvalue weighted by molar-refractivity contribution is -0.144. The number of aliphatic hydroxyl groups is 4. The Balaban J connectivity index is 3.95. The summed E-state index contributed by atoms with van der Waals surface area (Å²) in [7, 11) is 0. The van der Waals surface area contributed by atoms with E-state index in [1.807, 2.05) is 0 Å². The summed E-state index contributed by atoms with van der Waals surface area (Å²) in [5.74, 6) is -0.410. The molecule has 0 aliphatic carbocycles. The summed E-state index contributed by atoms with van der Waals surface area (Å²) in [5, 5.41) is 35.0. The van der Waals surface area contributed by atoms with Gasteiger partial charge >= 0.3 is 5.97 Å². The van der Waals surface area contributed by atoms with Crippen molar-refractivity contribution < 1.29 is 30.0 Å². The lowest BCUT2D eigenvalue weighted by atomic mass is 10.3. The third-order valence-corrected chi connectivity index (χ3v) is 1.78. The SMILES string of the molecule is CCOC(=O)CCN(CC(O)O)CC(O)O. The molecule has 96 valence electrons. The van der Waals surface area contributed by atoms with Crippen molar-refractivity contribution in [1.29, 1.82) is 0 Å². The number of rotatable bonds is 8. The molecule has 0 aromatic rings. The van der Waals surface area contributed by atoms with E-state index >= 15 is 0 Å². The molecule has 0 saturated carbocycles. The molecule has 7 heteroatoms. The maximum absolute atomic E-state index is 11.0. The maximum atomic E-state index is 11.0. The molecule has 0 aromatic heterocycles. The normalized spacial score (nSPS) is 11.5. The van der Waals surface area contributed by atoms with Gasteiger partial charge in [-0.15, -0.1) is 0 Å². The topological polar surface area (TPSA) is 110 Å². The van der Waals surface area contributed by atoms with Crippen LogP contribution in [0.15, 0.2) is 0 Å². The average Bonchev–Trinajstić information content (AvgIpc) is 2.13. The van der Waals surface area contributed by atoms with Crippen molar-refractivity contribution in [2.45, 2.75) is 25.9 Å². The summed E-state index contributed by atoms with van der Waals surface area (Å²) in [4.78, 5) is 12.4. The molecule has 0 spiro atoms. The third-order valence-electron chi connectivity index (χ3n) is 1.78. The first-order valence-corrected chi connectivity index (χ1v) is 5.06. The third kappa shape index (κ3) is 8.57. The monoisotopic (exact) mass is 237 g/mol. The molecule has 4 N–H and O–H groups in total. The Morgan fingerprint density at radius 2 is 1.69 bits per heavy atom. The van der Waals surface area contributed by atoms with Gasteiger partial charge in [-0.05, 0) is 6.92 Å². The molecule has 0 radical (unpaired) electrons. The first-order valence-electron chi connectivity index (χ1n) is 5.06. The molecule has 0 amide bonds. The second kappa shape index (κ2) is 8.43. The fraction of sp³-hybridized carbons (Fsp3) is 0.889. The second-order valence-electron chi connectivity index (χ2n) is 3.28. The number of aliphatic hydroxyl groups excluding tert-OH is 2. The van der Waals surface area contributed by atoms with Gasteiger partial charge in [-0.1, -0.05) is 0 Å². The summed E-state index contributed by atoms with van der Waals surface area (Å²) in [5.41, 5.74) is 0. The molecular weight excluding hydrogens is 218 g/mol. The summed E-state index contributed by atoms with van der Waals surface area (Å²) in [6.07, 6.45) is -3.10. The van der Waals surface area contributed by atoms with Gasteiger partial charge < -0.3 is 25.2 Å². The van der Waals surface area contributed by atoms with Gasteiger partial charge in [0.1, 0.15) is 0 Å². The van der Waals surface area contributed by atoms with Crippen molar-refractivity contribution in [1.82, 2.24) is 4.90 Å². The smallest absolute Gasteiger partial charge is 0.307 e. The summed E-state index contributed by atoms with van der Waals surface area (Å²) < 4.78 is 4.69. The van der Waals surface area contributed by atoms with Crippen molar-refractivity contribution in [3.8, 4) is 0 Å². The predicted molar refractivity (Wildman–Crippen MR) is 54.1 cm³/mol. The zero-order valence-corrected chi connectivity index (χ0v) is 9.24. The van der Waals surface area contributed by atoms with E-state index in [0.717, 1.165) is 0 Å². The molecular formula is C9H19NO6. The highest BCUT2D eigenvalue weighted by Crippen LogP contribution is 1.97. The number of hydrogen-bond donors (Lipinski definition) is 4. The van der Waals surface area contributed by atoms with Crippen molar-refractivity contribution in [3.05, 3.63) is 0 Å². The standard InChI is InChI=1S/C9H19NO6/c1-2-16-9(15)3-4-10(5-7(11)12)6-8(13)14/h7-8,11-14H,2-6H2,1H3. The van der Waals surface area contributed by atoms with Crippen molar-refractivity contribution in [2.75, 3.05) is 26.2 Å². The van der Waals surface area contributed by atoms with Gasteiger partial charge in [-0.3, -0.25) is 9.69 Å². The van der Waals surface area contributed by atoms with Gasteiger partial charge in [0.2, 0.25) is 0 Å². The minimum Gasteiger partial charge on any atom is -0.466 e. The van der Waals surface area contributed by atoms with E-state index in [9.17, 15) is 4.79 Å². The largest absolute Gasteiger partial charge is 0.466 e. The van der Waals surface area contributed by atoms with Crippen LogP contribution in [0.3, 0.4) is 0 Å². The summed E-state index contributed by atoms with van der Waals surface area (Å²) in [6.45, 7) is 1.83. The number of hydrogen-bond acceptors (Lipinski definition) is 7. The maximum Gasteiger partial charge on any atom is 0.307 e. The Morgan fingerprint density at radius 1 is 1.19 bits per heavy atom. The predicted octanol–water partition coefficient (Wildman–Crippen LogP) is -2.14. The number of nitrogens with zero attached hydrogens (tertiary/aromatic N) is 1. The number of ether oxygens (including phenoxy) is 1. The first kappa shape index (κ1) is 15.3. The molecule has 16 heavy (non-hydrogen) atoms. The zero-order valence-electron chi connectivity index (χ0n) is 9.24. The van der Waals surface area contributed by atoms with Crippen molar-refractivity contribution >= 4 is 5.97 Å². The van der Waals surface area contributed by atoms with Gasteiger partial charge in [0.05, 0.1) is 13.0 Å². The minimum absolute atomic E-state index is 0.0628. The molecule has 0 bridgehead atoms. The molecule has 0 heterocycles. The van der Waals surface area contributed by atoms with Crippen LogP contribution in [0.2, 0.25) is 0 Å². The van der Waals surface area contributed by atoms with Gasteiger partial charge in [-0.25, -0.2) is 0 Å². The van der Waals surface area contributed by atoms with Crippen LogP contribution in [0, 0.1) is 0 Å². The van der Waals surface area contributed by atoms with E-state index in [1.54, 1.807) is 6.92 Å². The van der Waals surface area contributed by atoms with Gasteiger partial charge in [0.25, 0.3) is 0 Å². The Bertz CT molecular complexity index is 186. The fourth-order valence-corrected chi connectivity index (χ4v) is 1.20. The van der Waals surface area contributed by atoms with Crippen LogP contribution < -0.4 is 0 Å². The lowest BCUT2D eigenvalue weighted by Crippen LogP contribution is -2.39. The van der Waals surface area contributed by atoms with E-state index in [4.69, 9.17) is 20.4 Å². The highest BCUT2D eigenvalue weighted by molar-refractivity contribution is 5.69. The number of carbonyl (C=O) groups is 1. The molecule has 0 rings (SSSR count). The Labute approximate surface area is 93.9 Å². The van der Waals surface area contributed by atoms with Crippen LogP contribution >= 0.6 is 0 Å².